The summed E-state index contributed by atoms with van der Waals surface area (Å²) in [4.78, 5) is 33.2. The Morgan fingerprint density at radius 1 is 1.19 bits per heavy atom. The molecule has 4 heterocycles. The highest BCUT2D eigenvalue weighted by Crippen LogP contribution is 2.22. The molecule has 0 saturated carbocycles. The van der Waals surface area contributed by atoms with E-state index in [-0.39, 0.29) is 18.6 Å². The highest BCUT2D eigenvalue weighted by molar-refractivity contribution is 5.76. The van der Waals surface area contributed by atoms with Gasteiger partial charge in [-0.05, 0) is 18.2 Å². The molecule has 1 fully saturated rings. The summed E-state index contributed by atoms with van der Waals surface area (Å²) in [7, 11) is 3.40. The second-order valence-electron chi connectivity index (χ2n) is 7.21. The van der Waals surface area contributed by atoms with Crippen LogP contribution in [0.4, 0.5) is 16.6 Å². The number of carbonyl (C=O) groups excluding carboxylic acids is 1. The molecule has 3 aromatic heterocycles. The van der Waals surface area contributed by atoms with E-state index in [9.17, 15) is 4.79 Å². The summed E-state index contributed by atoms with van der Waals surface area (Å²) in [6.07, 6.45) is 5.03. The minimum Gasteiger partial charge on any atom is -0.458 e. The lowest BCUT2D eigenvalue weighted by Crippen LogP contribution is -2.37. The number of morpholine rings is 1. The first kappa shape index (κ1) is 20.5. The molecule has 0 aromatic carbocycles. The number of rotatable bonds is 5. The quantitative estimate of drug-likeness (QED) is 0.644. The standard InChI is InChI=1S/C20H24N8O3/c1-26(2)20(29)28-6-5-14(12-28)13-31-19-24-17(15-3-4-16(21)22-11-15)23-18(25-19)27-7-9-30-10-8-27/h3-6,11-12H,7-10,13H2,1-2H3,(H2,21,22). The summed E-state index contributed by atoms with van der Waals surface area (Å²) in [5, 5.41) is 0. The molecule has 0 aliphatic carbocycles. The molecule has 162 valence electrons. The Morgan fingerprint density at radius 2 is 2.00 bits per heavy atom. The molecule has 0 radical (unpaired) electrons. The predicted molar refractivity (Wildman–Crippen MR) is 114 cm³/mol. The van der Waals surface area contributed by atoms with Gasteiger partial charge in [0.2, 0.25) is 5.95 Å². The number of hydrogen-bond acceptors (Lipinski definition) is 9. The summed E-state index contributed by atoms with van der Waals surface area (Å²) < 4.78 is 12.8. The molecule has 11 nitrogen and oxygen atoms in total. The van der Waals surface area contributed by atoms with Crippen molar-refractivity contribution in [1.82, 2.24) is 29.4 Å². The normalized spacial score (nSPS) is 13.8. The van der Waals surface area contributed by atoms with Crippen molar-refractivity contribution in [3.63, 3.8) is 0 Å². The zero-order valence-corrected chi connectivity index (χ0v) is 17.4. The number of pyridine rings is 1. The fourth-order valence-corrected chi connectivity index (χ4v) is 3.01. The van der Waals surface area contributed by atoms with Crippen LogP contribution in [-0.4, -0.2) is 75.8 Å². The van der Waals surface area contributed by atoms with Crippen molar-refractivity contribution in [3.8, 4) is 17.4 Å². The zero-order chi connectivity index (χ0) is 21.8. The Balaban J connectivity index is 1.57. The van der Waals surface area contributed by atoms with Crippen LogP contribution in [-0.2, 0) is 11.3 Å². The number of anilines is 2. The number of nitrogen functional groups attached to an aromatic ring is 1. The molecule has 1 amide bonds. The van der Waals surface area contributed by atoms with E-state index in [1.807, 2.05) is 11.0 Å². The van der Waals surface area contributed by atoms with Crippen LogP contribution < -0.4 is 15.4 Å². The van der Waals surface area contributed by atoms with Gasteiger partial charge in [0.1, 0.15) is 12.4 Å². The van der Waals surface area contributed by atoms with Crippen LogP contribution >= 0.6 is 0 Å². The number of aromatic nitrogens is 5. The highest BCUT2D eigenvalue weighted by Gasteiger charge is 2.18. The molecule has 1 aliphatic rings. The number of hydrogen-bond donors (Lipinski definition) is 1. The smallest absolute Gasteiger partial charge is 0.327 e. The minimum atomic E-state index is -0.140. The van der Waals surface area contributed by atoms with Crippen molar-refractivity contribution in [2.75, 3.05) is 51.0 Å². The van der Waals surface area contributed by atoms with E-state index in [1.54, 1.807) is 44.8 Å². The van der Waals surface area contributed by atoms with Gasteiger partial charge in [-0.3, -0.25) is 4.57 Å². The third kappa shape index (κ3) is 4.89. The second kappa shape index (κ2) is 8.96. The van der Waals surface area contributed by atoms with Crippen molar-refractivity contribution in [2.45, 2.75) is 6.61 Å². The number of carbonyl (C=O) groups is 1. The molecule has 1 saturated heterocycles. The van der Waals surface area contributed by atoms with Gasteiger partial charge in [-0.25, -0.2) is 9.78 Å². The van der Waals surface area contributed by atoms with Gasteiger partial charge in [-0.1, -0.05) is 0 Å². The summed E-state index contributed by atoms with van der Waals surface area (Å²) in [5.74, 6) is 1.37. The van der Waals surface area contributed by atoms with Crippen LogP contribution in [0.5, 0.6) is 6.01 Å². The van der Waals surface area contributed by atoms with Crippen molar-refractivity contribution in [2.24, 2.45) is 0 Å². The van der Waals surface area contributed by atoms with Gasteiger partial charge in [0.05, 0.1) is 13.2 Å². The van der Waals surface area contributed by atoms with Crippen LogP contribution in [0.3, 0.4) is 0 Å². The number of ether oxygens (including phenoxy) is 2. The number of nitrogens with zero attached hydrogens (tertiary/aromatic N) is 7. The maximum atomic E-state index is 12.1. The summed E-state index contributed by atoms with van der Waals surface area (Å²) in [6, 6.07) is 5.36. The topological polar surface area (TPSA) is 125 Å². The first-order valence-electron chi connectivity index (χ1n) is 9.81. The average molecular weight is 424 g/mol. The van der Waals surface area contributed by atoms with Crippen LogP contribution in [0.15, 0.2) is 36.8 Å². The maximum absolute atomic E-state index is 12.1. The molecule has 0 unspecified atom stereocenters. The fourth-order valence-electron chi connectivity index (χ4n) is 3.01. The van der Waals surface area contributed by atoms with E-state index in [0.717, 1.165) is 5.56 Å². The Hall–Kier alpha value is -3.73. The van der Waals surface area contributed by atoms with Gasteiger partial charge in [0.25, 0.3) is 0 Å². The summed E-state index contributed by atoms with van der Waals surface area (Å²) in [5.41, 5.74) is 7.22. The van der Waals surface area contributed by atoms with Crippen LogP contribution in [0.25, 0.3) is 11.4 Å². The second-order valence-corrected chi connectivity index (χ2v) is 7.21. The average Bonchev–Trinajstić information content (AvgIpc) is 3.27. The van der Waals surface area contributed by atoms with Crippen LogP contribution in [0, 0.1) is 0 Å². The third-order valence-electron chi connectivity index (χ3n) is 4.67. The molecule has 0 spiro atoms. The van der Waals surface area contributed by atoms with Crippen molar-refractivity contribution < 1.29 is 14.3 Å². The predicted octanol–water partition coefficient (Wildman–Crippen LogP) is 1.26. The molecule has 31 heavy (non-hydrogen) atoms. The first-order chi connectivity index (χ1) is 15.0. The van der Waals surface area contributed by atoms with E-state index in [1.165, 1.54) is 9.47 Å². The van der Waals surface area contributed by atoms with Gasteiger partial charge in [0, 0.05) is 56.9 Å². The Bertz CT molecular complexity index is 1040. The lowest BCUT2D eigenvalue weighted by molar-refractivity contribution is 0.122. The minimum absolute atomic E-state index is 0.140. The fraction of sp³-hybridized carbons (Fsp3) is 0.350. The third-order valence-corrected chi connectivity index (χ3v) is 4.67. The Morgan fingerprint density at radius 3 is 2.71 bits per heavy atom. The van der Waals surface area contributed by atoms with Crippen molar-refractivity contribution >= 4 is 17.8 Å². The van der Waals surface area contributed by atoms with Gasteiger partial charge in [-0.2, -0.15) is 15.0 Å². The van der Waals surface area contributed by atoms with E-state index in [4.69, 9.17) is 15.2 Å². The van der Waals surface area contributed by atoms with Crippen LogP contribution in [0.1, 0.15) is 5.56 Å². The monoisotopic (exact) mass is 424 g/mol. The van der Waals surface area contributed by atoms with Gasteiger partial charge in [0.15, 0.2) is 5.82 Å². The van der Waals surface area contributed by atoms with Gasteiger partial charge < -0.3 is 25.0 Å². The highest BCUT2D eigenvalue weighted by atomic mass is 16.5. The van der Waals surface area contributed by atoms with Crippen molar-refractivity contribution in [3.05, 3.63) is 42.4 Å². The molecule has 1 aliphatic heterocycles. The summed E-state index contributed by atoms with van der Waals surface area (Å²) in [6.45, 7) is 2.78. The van der Waals surface area contributed by atoms with E-state index in [2.05, 4.69) is 19.9 Å². The van der Waals surface area contributed by atoms with E-state index >= 15 is 0 Å². The summed E-state index contributed by atoms with van der Waals surface area (Å²) >= 11 is 0. The Labute approximate surface area is 179 Å². The molecule has 3 aromatic rings. The zero-order valence-electron chi connectivity index (χ0n) is 17.4. The number of amides is 1. The van der Waals surface area contributed by atoms with Crippen LogP contribution in [0.2, 0.25) is 0 Å². The molecule has 0 atom stereocenters. The molecule has 11 heteroatoms. The number of nitrogens with two attached hydrogens (primary N) is 1. The first-order valence-corrected chi connectivity index (χ1v) is 9.81. The van der Waals surface area contributed by atoms with E-state index < -0.39 is 0 Å². The molecule has 2 N–H and O–H groups in total. The van der Waals surface area contributed by atoms with Gasteiger partial charge >= 0.3 is 12.0 Å². The Kier molecular flexibility index (Phi) is 5.94. The molecular formula is C20H24N8O3. The molecule has 0 bridgehead atoms. The SMILES string of the molecule is CN(C)C(=O)n1ccc(COc2nc(-c3ccc(N)nc3)nc(N3CCOCC3)n2)c1. The van der Waals surface area contributed by atoms with Gasteiger partial charge in [-0.15, -0.1) is 0 Å². The maximum Gasteiger partial charge on any atom is 0.327 e. The largest absolute Gasteiger partial charge is 0.458 e. The lowest BCUT2D eigenvalue weighted by Gasteiger charge is -2.27. The molecule has 4 rings (SSSR count). The van der Waals surface area contributed by atoms with Crippen molar-refractivity contribution in [1.29, 1.82) is 0 Å². The lowest BCUT2D eigenvalue weighted by atomic mass is 10.2. The van der Waals surface area contributed by atoms with E-state index in [0.29, 0.717) is 49.5 Å². The molecular weight excluding hydrogens is 400 g/mol.